The number of carbonyl (C=O) groups excluding carboxylic acids is 5. The molecular formula is C48H44O16. The van der Waals surface area contributed by atoms with Gasteiger partial charge in [-0.2, -0.15) is 0 Å². The van der Waals surface area contributed by atoms with E-state index in [9.17, 15) is 34.2 Å². The van der Waals surface area contributed by atoms with Crippen molar-refractivity contribution in [3.8, 4) is 5.75 Å². The minimum Gasteiger partial charge on any atom is -0.497 e. The molecule has 7 rings (SSSR count). The molecule has 2 fully saturated rings. The molecule has 64 heavy (non-hydrogen) atoms. The first kappa shape index (κ1) is 45.1. The number of rotatable bonds is 14. The van der Waals surface area contributed by atoms with E-state index in [0.29, 0.717) is 5.75 Å². The number of methoxy groups -OCH3 is 1. The van der Waals surface area contributed by atoms with Crippen LogP contribution in [0, 0.1) is 0 Å². The number of esters is 5. The van der Waals surface area contributed by atoms with Crippen LogP contribution in [-0.2, 0) is 37.9 Å². The Labute approximate surface area is 367 Å². The van der Waals surface area contributed by atoms with Crippen molar-refractivity contribution in [1.82, 2.24) is 0 Å². The molecule has 0 spiro atoms. The largest absolute Gasteiger partial charge is 0.497 e. The van der Waals surface area contributed by atoms with Crippen LogP contribution in [0.5, 0.6) is 5.75 Å². The van der Waals surface area contributed by atoms with Crippen LogP contribution in [0.15, 0.2) is 146 Å². The fourth-order valence-corrected chi connectivity index (χ4v) is 7.02. The smallest absolute Gasteiger partial charge is 0.338 e. The summed E-state index contributed by atoms with van der Waals surface area (Å²) in [4.78, 5) is 68.0. The van der Waals surface area contributed by atoms with E-state index in [1.165, 1.54) is 74.7 Å². The maximum Gasteiger partial charge on any atom is 0.338 e. The fraction of sp³-hybridized carbons (Fsp3) is 0.271. The highest BCUT2D eigenvalue weighted by Gasteiger charge is 2.56. The van der Waals surface area contributed by atoms with E-state index in [1.807, 2.05) is 0 Å². The Bertz CT molecular complexity index is 2350. The molecule has 16 nitrogen and oxygen atoms in total. The molecule has 5 aromatic carbocycles. The van der Waals surface area contributed by atoms with Crippen LogP contribution in [0.1, 0.15) is 58.7 Å². The summed E-state index contributed by atoms with van der Waals surface area (Å²) >= 11 is 0. The van der Waals surface area contributed by atoms with E-state index < -0.39 is 97.9 Å². The Balaban J connectivity index is 1.26. The third-order valence-electron chi connectivity index (χ3n) is 10.4. The van der Waals surface area contributed by atoms with Crippen molar-refractivity contribution in [2.45, 2.75) is 68.3 Å². The van der Waals surface area contributed by atoms with Crippen molar-refractivity contribution >= 4 is 29.8 Å². The summed E-state index contributed by atoms with van der Waals surface area (Å²) in [5.74, 6) is -4.00. The van der Waals surface area contributed by atoms with Crippen LogP contribution in [0.4, 0.5) is 0 Å². The second-order valence-electron chi connectivity index (χ2n) is 14.6. The molecule has 2 aliphatic heterocycles. The van der Waals surface area contributed by atoms with Crippen LogP contribution in [0.2, 0.25) is 0 Å². The zero-order valence-electron chi connectivity index (χ0n) is 34.4. The van der Waals surface area contributed by atoms with Gasteiger partial charge in [0.05, 0.1) is 41.0 Å². The lowest BCUT2D eigenvalue weighted by atomic mass is 9.96. The normalized spacial score (nSPS) is 25.2. The molecule has 2 N–H and O–H groups in total. The Hall–Kier alpha value is -6.95. The number of benzene rings is 5. The zero-order chi connectivity index (χ0) is 45.2. The molecule has 0 aromatic heterocycles. The minimum atomic E-state index is -1.86. The lowest BCUT2D eigenvalue weighted by Crippen LogP contribution is -2.66. The summed E-state index contributed by atoms with van der Waals surface area (Å²) in [6.07, 6.45) is -16.7. The van der Waals surface area contributed by atoms with Gasteiger partial charge in [0.1, 0.15) is 30.7 Å². The predicted octanol–water partition coefficient (Wildman–Crippen LogP) is 4.96. The van der Waals surface area contributed by atoms with Gasteiger partial charge in [0.15, 0.2) is 37.0 Å². The highest BCUT2D eigenvalue weighted by molar-refractivity contribution is 5.92. The molecule has 0 saturated carbocycles. The average Bonchev–Trinajstić information content (AvgIpc) is 3.33. The topological polar surface area (TPSA) is 209 Å². The van der Waals surface area contributed by atoms with E-state index in [0.717, 1.165) is 0 Å². The van der Waals surface area contributed by atoms with Gasteiger partial charge in [-0.1, -0.05) is 72.8 Å². The molecule has 2 heterocycles. The lowest BCUT2D eigenvalue weighted by molar-refractivity contribution is -0.348. The Kier molecular flexibility index (Phi) is 14.8. The quantitative estimate of drug-likeness (QED) is 0.112. The number of aliphatic hydroxyl groups excluding tert-OH is 2. The van der Waals surface area contributed by atoms with Crippen LogP contribution < -0.4 is 4.74 Å². The molecule has 16 heteroatoms. The molecule has 5 aromatic rings. The van der Waals surface area contributed by atoms with Gasteiger partial charge in [-0.05, 0) is 79.7 Å². The molecule has 0 unspecified atom stereocenters. The summed E-state index contributed by atoms with van der Waals surface area (Å²) in [7, 11) is 1.47. The minimum absolute atomic E-state index is 0.0690. The van der Waals surface area contributed by atoms with Gasteiger partial charge in [-0.15, -0.1) is 0 Å². The number of hydrogen-bond donors (Lipinski definition) is 2. The lowest BCUT2D eigenvalue weighted by Gasteiger charge is -2.47. The van der Waals surface area contributed by atoms with Gasteiger partial charge < -0.3 is 52.8 Å². The van der Waals surface area contributed by atoms with Gasteiger partial charge in [0.25, 0.3) is 0 Å². The summed E-state index contributed by atoms with van der Waals surface area (Å²) in [5, 5.41) is 23.2. The molecule has 2 saturated heterocycles. The van der Waals surface area contributed by atoms with E-state index in [2.05, 4.69) is 0 Å². The molecule has 0 radical (unpaired) electrons. The monoisotopic (exact) mass is 876 g/mol. The van der Waals surface area contributed by atoms with Crippen LogP contribution in [-0.4, -0.2) is 115 Å². The summed E-state index contributed by atoms with van der Waals surface area (Å²) in [5.41, 5.74) is 0.479. The Morgan fingerprint density at radius 1 is 0.484 bits per heavy atom. The molecule has 332 valence electrons. The summed E-state index contributed by atoms with van der Waals surface area (Å²) < 4.78 is 53.1. The first-order valence-corrected chi connectivity index (χ1v) is 20.2. The van der Waals surface area contributed by atoms with Gasteiger partial charge in [0, 0.05) is 0 Å². The first-order valence-electron chi connectivity index (χ1n) is 20.2. The molecule has 10 atom stereocenters. The first-order chi connectivity index (χ1) is 31.0. The highest BCUT2D eigenvalue weighted by Crippen LogP contribution is 2.35. The highest BCUT2D eigenvalue weighted by atomic mass is 16.8. The molecule has 0 bridgehead atoms. The van der Waals surface area contributed by atoms with E-state index in [-0.39, 0.29) is 27.8 Å². The number of carbonyl (C=O) groups is 5. The molecule has 0 amide bonds. The predicted molar refractivity (Wildman–Crippen MR) is 222 cm³/mol. The summed E-state index contributed by atoms with van der Waals surface area (Å²) in [6, 6.07) is 37.3. The Morgan fingerprint density at radius 2 is 0.891 bits per heavy atom. The van der Waals surface area contributed by atoms with Gasteiger partial charge >= 0.3 is 29.8 Å². The van der Waals surface area contributed by atoms with Gasteiger partial charge in [0.2, 0.25) is 0 Å². The van der Waals surface area contributed by atoms with Gasteiger partial charge in [-0.3, -0.25) is 0 Å². The SMILES string of the molecule is COc1ccc(C(=O)OC[C@H]2O[C@@H](O[C@H]3[C@H](OC(=O)c4ccccc4)[C@@H](OC(=O)c4ccccc4)[C@H](O)O[C@@H]3C)[C@H](OC(=O)c3ccccc3)[C@@H](OC(=O)c3ccccc3)[C@H]2O)cc1. The van der Waals surface area contributed by atoms with E-state index in [4.69, 9.17) is 42.6 Å². The van der Waals surface area contributed by atoms with Crippen LogP contribution in [0.25, 0.3) is 0 Å². The van der Waals surface area contributed by atoms with Gasteiger partial charge in [-0.25, -0.2) is 24.0 Å². The standard InChI is InChI=1S/C48H44O16/c1-28-37(39(61-44(52)30-17-9-4-10-18-30)40(47(55)58-28)62-45(53)31-19-11-5-12-20-31)64-48-41(63-46(54)32-21-13-6-14-22-32)38(60-43(51)29-15-7-3-8-16-29)36(49)35(59-48)27-57-42(50)33-23-25-34(56-2)26-24-33/h3-26,28,35-41,47-49,55H,27H2,1-2H3/t28-,35-,36+,37-,38+,39+,40-,41-,47-,48+/m1/s1. The third-order valence-corrected chi connectivity index (χ3v) is 10.4. The van der Waals surface area contributed by atoms with Crippen molar-refractivity contribution < 1.29 is 76.8 Å². The summed E-state index contributed by atoms with van der Waals surface area (Å²) in [6.45, 7) is 0.819. The Morgan fingerprint density at radius 3 is 1.34 bits per heavy atom. The van der Waals surface area contributed by atoms with E-state index >= 15 is 0 Å². The molecule has 0 aliphatic carbocycles. The second kappa shape index (κ2) is 20.9. The second-order valence-corrected chi connectivity index (χ2v) is 14.6. The number of hydrogen-bond acceptors (Lipinski definition) is 16. The van der Waals surface area contributed by atoms with Crippen LogP contribution in [0.3, 0.4) is 0 Å². The third kappa shape index (κ3) is 10.8. The van der Waals surface area contributed by atoms with Crippen molar-refractivity contribution in [2.75, 3.05) is 13.7 Å². The van der Waals surface area contributed by atoms with Crippen LogP contribution >= 0.6 is 0 Å². The van der Waals surface area contributed by atoms with Crippen molar-refractivity contribution in [2.24, 2.45) is 0 Å². The van der Waals surface area contributed by atoms with Crippen molar-refractivity contribution in [3.05, 3.63) is 173 Å². The maximum atomic E-state index is 13.8. The van der Waals surface area contributed by atoms with E-state index in [1.54, 1.807) is 84.9 Å². The maximum absolute atomic E-state index is 13.8. The van der Waals surface area contributed by atoms with Crippen molar-refractivity contribution in [3.63, 3.8) is 0 Å². The van der Waals surface area contributed by atoms with Crippen molar-refractivity contribution in [1.29, 1.82) is 0 Å². The fourth-order valence-electron chi connectivity index (χ4n) is 7.02. The molecular weight excluding hydrogens is 833 g/mol. The number of ether oxygens (including phenoxy) is 9. The zero-order valence-corrected chi connectivity index (χ0v) is 34.4. The number of aliphatic hydroxyl groups is 2. The average molecular weight is 877 g/mol. The molecule has 2 aliphatic rings.